The molecule has 1 amide bonds. The zero-order valence-electron chi connectivity index (χ0n) is 13.7. The highest BCUT2D eigenvalue weighted by Gasteiger charge is 2.34. The number of hydrogen-bond acceptors (Lipinski definition) is 4. The van der Waals surface area contributed by atoms with E-state index in [0.717, 1.165) is 29.9 Å². The maximum Gasteiger partial charge on any atom is 0.250 e. The molecule has 0 aromatic heterocycles. The van der Waals surface area contributed by atoms with Gasteiger partial charge in [-0.05, 0) is 50.0 Å². The van der Waals surface area contributed by atoms with E-state index >= 15 is 0 Å². The molecule has 130 valence electrons. The van der Waals surface area contributed by atoms with E-state index in [1.807, 2.05) is 24.3 Å². The van der Waals surface area contributed by atoms with E-state index in [1.54, 1.807) is 7.11 Å². The Hall–Kier alpha value is -1.72. The predicted molar refractivity (Wildman–Crippen MR) is 94.8 cm³/mol. The Morgan fingerprint density at radius 3 is 2.75 bits per heavy atom. The number of rotatable bonds is 3. The minimum Gasteiger partial charge on any atom is -0.497 e. The molecule has 1 aromatic carbocycles. The number of carbonyl (C=O) groups excluding carboxylic acids is 1. The first kappa shape index (κ1) is 17.1. The van der Waals surface area contributed by atoms with Crippen molar-refractivity contribution in [2.24, 2.45) is 0 Å². The number of benzene rings is 1. The highest BCUT2D eigenvalue weighted by molar-refractivity contribution is 5.99. The monoisotopic (exact) mass is 350 g/mol. The van der Waals surface area contributed by atoms with Crippen molar-refractivity contribution in [3.05, 3.63) is 29.3 Å². The van der Waals surface area contributed by atoms with Crippen LogP contribution in [-0.2, 0) is 4.79 Å². The quantitative estimate of drug-likeness (QED) is 0.878. The molecule has 4 rings (SSSR count). The van der Waals surface area contributed by atoms with Crippen molar-refractivity contribution in [1.29, 1.82) is 0 Å². The fourth-order valence-electron chi connectivity index (χ4n) is 3.87. The first-order valence-electron chi connectivity index (χ1n) is 8.29. The van der Waals surface area contributed by atoms with Crippen LogP contribution < -0.4 is 20.1 Å². The van der Waals surface area contributed by atoms with Crippen LogP contribution in [0.1, 0.15) is 31.2 Å². The van der Waals surface area contributed by atoms with Crippen LogP contribution in [0.3, 0.4) is 0 Å². The van der Waals surface area contributed by atoms with E-state index < -0.39 is 0 Å². The molecule has 1 aromatic rings. The molecule has 3 aliphatic rings. The average molecular weight is 351 g/mol. The Labute approximate surface area is 148 Å². The van der Waals surface area contributed by atoms with Crippen LogP contribution in [0.15, 0.2) is 23.8 Å². The van der Waals surface area contributed by atoms with Gasteiger partial charge in [0.1, 0.15) is 18.1 Å². The highest BCUT2D eigenvalue weighted by Crippen LogP contribution is 2.31. The van der Waals surface area contributed by atoms with Crippen LogP contribution in [-0.4, -0.2) is 37.7 Å². The second-order valence-electron chi connectivity index (χ2n) is 6.64. The molecule has 0 saturated carbocycles. The Kier molecular flexibility index (Phi) is 5.01. The third kappa shape index (κ3) is 3.37. The lowest BCUT2D eigenvalue weighted by molar-refractivity contribution is -0.118. The van der Waals surface area contributed by atoms with Gasteiger partial charge in [-0.3, -0.25) is 4.79 Å². The van der Waals surface area contributed by atoms with Crippen molar-refractivity contribution < 1.29 is 14.3 Å². The molecule has 24 heavy (non-hydrogen) atoms. The molecule has 0 radical (unpaired) electrons. The average Bonchev–Trinajstić information content (AvgIpc) is 2.92. The van der Waals surface area contributed by atoms with E-state index in [0.29, 0.717) is 24.3 Å². The van der Waals surface area contributed by atoms with Crippen LogP contribution in [0.25, 0.3) is 6.08 Å². The van der Waals surface area contributed by atoms with Gasteiger partial charge in [0.25, 0.3) is 5.91 Å². The molecule has 3 aliphatic heterocycles. The van der Waals surface area contributed by atoms with Crippen LogP contribution in [0.4, 0.5) is 0 Å². The molecule has 2 fully saturated rings. The number of hydrogen-bond donors (Lipinski definition) is 2. The standard InChI is InChI=1S/C18H22N2O3.ClH/c1-22-16-4-5-17-11(7-16)6-12(10-23-17)18(21)20-15-8-13-2-3-14(9-15)19-13;/h4-7,13-15,19H,2-3,8-10H2,1H3,(H,20,21);1H. The summed E-state index contributed by atoms with van der Waals surface area (Å²) >= 11 is 0. The number of nitrogens with one attached hydrogen (secondary N) is 2. The lowest BCUT2D eigenvalue weighted by atomic mass is 9.99. The number of carbonyl (C=O) groups is 1. The maximum atomic E-state index is 12.6. The minimum atomic E-state index is -0.00947. The second kappa shape index (κ2) is 7.03. The van der Waals surface area contributed by atoms with Gasteiger partial charge in [-0.15, -0.1) is 12.4 Å². The van der Waals surface area contributed by atoms with Crippen molar-refractivity contribution in [1.82, 2.24) is 10.6 Å². The molecule has 6 heteroatoms. The smallest absolute Gasteiger partial charge is 0.250 e. The Morgan fingerprint density at radius 1 is 1.29 bits per heavy atom. The molecule has 2 N–H and O–H groups in total. The SMILES string of the molecule is COc1ccc2c(c1)C=C(C(=O)NC1CC3CCC(C1)N3)CO2.Cl. The second-order valence-corrected chi connectivity index (χ2v) is 6.64. The molecular weight excluding hydrogens is 328 g/mol. The van der Waals surface area contributed by atoms with E-state index in [4.69, 9.17) is 9.47 Å². The topological polar surface area (TPSA) is 59.6 Å². The molecule has 2 saturated heterocycles. The first-order chi connectivity index (χ1) is 11.2. The van der Waals surface area contributed by atoms with E-state index in [-0.39, 0.29) is 24.4 Å². The van der Waals surface area contributed by atoms with Crippen molar-refractivity contribution in [3.63, 3.8) is 0 Å². The largest absolute Gasteiger partial charge is 0.497 e. The summed E-state index contributed by atoms with van der Waals surface area (Å²) in [7, 11) is 1.63. The zero-order chi connectivity index (χ0) is 15.8. The van der Waals surface area contributed by atoms with E-state index in [2.05, 4.69) is 10.6 Å². The Morgan fingerprint density at radius 2 is 2.04 bits per heavy atom. The number of methoxy groups -OCH3 is 1. The highest BCUT2D eigenvalue weighted by atomic mass is 35.5. The third-order valence-corrected chi connectivity index (χ3v) is 5.03. The summed E-state index contributed by atoms with van der Waals surface area (Å²) in [5.41, 5.74) is 1.57. The molecule has 5 nitrogen and oxygen atoms in total. The third-order valence-electron chi connectivity index (χ3n) is 5.03. The Balaban J connectivity index is 0.00000169. The fourth-order valence-corrected chi connectivity index (χ4v) is 3.87. The first-order valence-corrected chi connectivity index (χ1v) is 8.29. The van der Waals surface area contributed by atoms with Gasteiger partial charge >= 0.3 is 0 Å². The minimum absolute atomic E-state index is 0. The lowest BCUT2D eigenvalue weighted by Crippen LogP contribution is -2.48. The van der Waals surface area contributed by atoms with Crippen molar-refractivity contribution in [2.75, 3.05) is 13.7 Å². The van der Waals surface area contributed by atoms with Crippen molar-refractivity contribution in [2.45, 2.75) is 43.8 Å². The number of ether oxygens (including phenoxy) is 2. The number of fused-ring (bicyclic) bond motifs is 3. The van der Waals surface area contributed by atoms with Gasteiger partial charge in [0, 0.05) is 23.7 Å². The maximum absolute atomic E-state index is 12.6. The number of piperidine rings is 1. The summed E-state index contributed by atoms with van der Waals surface area (Å²) in [6, 6.07) is 7.05. The molecule has 3 heterocycles. The Bertz CT molecular complexity index is 650. The number of halogens is 1. The summed E-state index contributed by atoms with van der Waals surface area (Å²) in [6.45, 7) is 0.322. The van der Waals surface area contributed by atoms with Crippen LogP contribution in [0, 0.1) is 0 Å². The summed E-state index contributed by atoms with van der Waals surface area (Å²) < 4.78 is 10.9. The van der Waals surface area contributed by atoms with Gasteiger partial charge in [0.2, 0.25) is 0 Å². The molecule has 2 bridgehead atoms. The molecule has 2 unspecified atom stereocenters. The molecule has 0 aliphatic carbocycles. The van der Waals surface area contributed by atoms with Crippen molar-refractivity contribution in [3.8, 4) is 11.5 Å². The summed E-state index contributed by atoms with van der Waals surface area (Å²) in [6.07, 6.45) is 6.43. The van der Waals surface area contributed by atoms with E-state index in [9.17, 15) is 4.79 Å². The van der Waals surface area contributed by atoms with E-state index in [1.165, 1.54) is 12.8 Å². The van der Waals surface area contributed by atoms with Gasteiger partial charge in [-0.2, -0.15) is 0 Å². The van der Waals surface area contributed by atoms with Crippen LogP contribution in [0.2, 0.25) is 0 Å². The zero-order valence-corrected chi connectivity index (χ0v) is 14.5. The van der Waals surface area contributed by atoms with Gasteiger partial charge in [0.05, 0.1) is 12.7 Å². The summed E-state index contributed by atoms with van der Waals surface area (Å²) in [5.74, 6) is 1.55. The van der Waals surface area contributed by atoms with Gasteiger partial charge in [-0.25, -0.2) is 0 Å². The van der Waals surface area contributed by atoms with Crippen LogP contribution in [0.5, 0.6) is 11.5 Å². The van der Waals surface area contributed by atoms with Gasteiger partial charge in [-0.1, -0.05) is 0 Å². The fraction of sp³-hybridized carbons (Fsp3) is 0.500. The normalized spacial score (nSPS) is 27.2. The lowest BCUT2D eigenvalue weighted by Gasteiger charge is -2.30. The summed E-state index contributed by atoms with van der Waals surface area (Å²) in [4.78, 5) is 12.6. The van der Waals surface area contributed by atoms with Crippen molar-refractivity contribution >= 4 is 24.4 Å². The molecule has 0 spiro atoms. The number of amides is 1. The summed E-state index contributed by atoms with van der Waals surface area (Å²) in [5, 5.41) is 6.78. The molecular formula is C18H23ClN2O3. The predicted octanol–water partition coefficient (Wildman–Crippen LogP) is 2.29. The van der Waals surface area contributed by atoms with Gasteiger partial charge in [0.15, 0.2) is 0 Å². The molecule has 2 atom stereocenters. The van der Waals surface area contributed by atoms with Crippen LogP contribution >= 0.6 is 12.4 Å². The van der Waals surface area contributed by atoms with Gasteiger partial charge < -0.3 is 20.1 Å².